The van der Waals surface area contributed by atoms with Crippen LogP contribution >= 0.6 is 0 Å². The fourth-order valence-electron chi connectivity index (χ4n) is 1.43. The molecule has 0 spiro atoms. The number of rotatable bonds is 2. The Hall–Kier alpha value is -0.0800. The highest BCUT2D eigenvalue weighted by Gasteiger charge is 2.29. The molecule has 74 valence electrons. The molecule has 0 atom stereocenters. The van der Waals surface area contributed by atoms with Gasteiger partial charge in [-0.1, -0.05) is 20.8 Å². The molecular formula is C10H22O2. The van der Waals surface area contributed by atoms with Gasteiger partial charge >= 0.3 is 0 Å². The lowest BCUT2D eigenvalue weighted by Gasteiger charge is -2.34. The highest BCUT2D eigenvalue weighted by Crippen LogP contribution is 2.32. The van der Waals surface area contributed by atoms with E-state index in [9.17, 15) is 0 Å². The van der Waals surface area contributed by atoms with Gasteiger partial charge in [-0.3, -0.25) is 0 Å². The molecule has 0 radical (unpaired) electrons. The zero-order valence-electron chi connectivity index (χ0n) is 8.60. The van der Waals surface area contributed by atoms with Crippen molar-refractivity contribution in [3.8, 4) is 0 Å². The van der Waals surface area contributed by atoms with Gasteiger partial charge in [-0.25, -0.2) is 0 Å². The van der Waals surface area contributed by atoms with Crippen molar-refractivity contribution >= 4 is 0 Å². The zero-order valence-corrected chi connectivity index (χ0v) is 8.60. The number of hydrogen-bond acceptors (Lipinski definition) is 2. The molecule has 1 rings (SSSR count). The van der Waals surface area contributed by atoms with Gasteiger partial charge in [0.05, 0.1) is 0 Å². The molecule has 0 bridgehead atoms. The summed E-state index contributed by atoms with van der Waals surface area (Å²) in [7, 11) is 0. The van der Waals surface area contributed by atoms with E-state index < -0.39 is 0 Å². The van der Waals surface area contributed by atoms with Crippen LogP contribution in [0.1, 0.15) is 40.0 Å². The quantitative estimate of drug-likeness (QED) is 0.695. The van der Waals surface area contributed by atoms with E-state index in [4.69, 9.17) is 9.84 Å². The van der Waals surface area contributed by atoms with Crippen LogP contribution in [0.4, 0.5) is 0 Å². The molecule has 2 nitrogen and oxygen atoms in total. The highest BCUT2D eigenvalue weighted by molar-refractivity contribution is 4.79. The van der Waals surface area contributed by atoms with Crippen molar-refractivity contribution < 1.29 is 9.84 Å². The zero-order chi connectivity index (χ0) is 9.45. The second-order valence-corrected chi connectivity index (χ2v) is 3.12. The second-order valence-electron chi connectivity index (χ2n) is 3.12. The van der Waals surface area contributed by atoms with Gasteiger partial charge in [-0.05, 0) is 24.7 Å². The normalized spacial score (nSPS) is 21.0. The molecule has 2 heteroatoms. The summed E-state index contributed by atoms with van der Waals surface area (Å²) in [5.41, 5.74) is 0.193. The molecule has 12 heavy (non-hydrogen) atoms. The Balaban J connectivity index is 0.000000561. The van der Waals surface area contributed by atoms with Crippen LogP contribution in [0.25, 0.3) is 0 Å². The minimum Gasteiger partial charge on any atom is -0.396 e. The van der Waals surface area contributed by atoms with E-state index in [0.29, 0.717) is 6.61 Å². The summed E-state index contributed by atoms with van der Waals surface area (Å²) in [6.45, 7) is 8.12. The van der Waals surface area contributed by atoms with E-state index in [2.05, 4.69) is 6.92 Å². The molecule has 1 heterocycles. The second kappa shape index (κ2) is 6.44. The molecule has 0 amide bonds. The first-order chi connectivity index (χ1) is 5.83. The number of ether oxygens (including phenoxy) is 1. The van der Waals surface area contributed by atoms with Crippen LogP contribution < -0.4 is 0 Å². The average Bonchev–Trinajstić information content (AvgIpc) is 2.22. The molecule has 0 aromatic heterocycles. The molecule has 1 N–H and O–H groups in total. The summed E-state index contributed by atoms with van der Waals surface area (Å²) in [4.78, 5) is 0. The lowest BCUT2D eigenvalue weighted by molar-refractivity contribution is -0.0179. The summed E-state index contributed by atoms with van der Waals surface area (Å²) in [5.74, 6) is 0. The van der Waals surface area contributed by atoms with E-state index in [1.54, 1.807) is 0 Å². The van der Waals surface area contributed by atoms with Crippen molar-refractivity contribution in [3.63, 3.8) is 0 Å². The fourth-order valence-corrected chi connectivity index (χ4v) is 1.43. The Morgan fingerprint density at radius 3 is 2.00 bits per heavy atom. The van der Waals surface area contributed by atoms with Crippen LogP contribution in [0.5, 0.6) is 0 Å². The average molecular weight is 174 g/mol. The maximum Gasteiger partial charge on any atom is 0.0489 e. The van der Waals surface area contributed by atoms with Gasteiger partial charge < -0.3 is 9.84 Å². The van der Waals surface area contributed by atoms with Gasteiger partial charge in [-0.2, -0.15) is 0 Å². The molecule has 0 saturated carbocycles. The van der Waals surface area contributed by atoms with Crippen LogP contribution in [-0.2, 0) is 4.74 Å². The van der Waals surface area contributed by atoms with Crippen molar-refractivity contribution in [3.05, 3.63) is 0 Å². The van der Waals surface area contributed by atoms with Crippen LogP contribution in [0, 0.1) is 5.41 Å². The standard InChI is InChI=1S/C8H16O2.C2H6/c1-2-8(7-9)3-5-10-6-4-8;1-2/h9H,2-7H2,1H3;1-2H3. The molecule has 1 aliphatic rings. The van der Waals surface area contributed by atoms with Crippen molar-refractivity contribution in [2.75, 3.05) is 19.8 Å². The van der Waals surface area contributed by atoms with Gasteiger partial charge in [0.15, 0.2) is 0 Å². The van der Waals surface area contributed by atoms with Crippen LogP contribution in [-0.4, -0.2) is 24.9 Å². The van der Waals surface area contributed by atoms with Gasteiger partial charge in [0.1, 0.15) is 0 Å². The van der Waals surface area contributed by atoms with Crippen molar-refractivity contribution in [1.29, 1.82) is 0 Å². The van der Waals surface area contributed by atoms with Gasteiger partial charge in [0, 0.05) is 19.8 Å². The summed E-state index contributed by atoms with van der Waals surface area (Å²) in [6, 6.07) is 0. The maximum absolute atomic E-state index is 9.09. The maximum atomic E-state index is 9.09. The molecule has 0 aromatic rings. The minimum absolute atomic E-state index is 0.193. The smallest absolute Gasteiger partial charge is 0.0489 e. The van der Waals surface area contributed by atoms with Crippen LogP contribution in [0.3, 0.4) is 0 Å². The van der Waals surface area contributed by atoms with Gasteiger partial charge in [0.2, 0.25) is 0 Å². The Morgan fingerprint density at radius 2 is 1.75 bits per heavy atom. The molecule has 0 aromatic carbocycles. The summed E-state index contributed by atoms with van der Waals surface area (Å²) in [5, 5.41) is 9.09. The van der Waals surface area contributed by atoms with Crippen LogP contribution in [0.2, 0.25) is 0 Å². The van der Waals surface area contributed by atoms with Crippen molar-refractivity contribution in [2.45, 2.75) is 40.0 Å². The predicted molar refractivity (Wildman–Crippen MR) is 51.2 cm³/mol. The van der Waals surface area contributed by atoms with Crippen molar-refractivity contribution in [2.24, 2.45) is 5.41 Å². The van der Waals surface area contributed by atoms with Gasteiger partial charge in [-0.15, -0.1) is 0 Å². The minimum atomic E-state index is 0.193. The summed E-state index contributed by atoms with van der Waals surface area (Å²) >= 11 is 0. The topological polar surface area (TPSA) is 29.5 Å². The van der Waals surface area contributed by atoms with E-state index in [1.165, 1.54) is 0 Å². The summed E-state index contributed by atoms with van der Waals surface area (Å²) in [6.07, 6.45) is 3.13. The fraction of sp³-hybridized carbons (Fsp3) is 1.00. The first kappa shape index (κ1) is 11.9. The largest absolute Gasteiger partial charge is 0.396 e. The third kappa shape index (κ3) is 3.11. The molecular weight excluding hydrogens is 152 g/mol. The van der Waals surface area contributed by atoms with Crippen LogP contribution in [0.15, 0.2) is 0 Å². The van der Waals surface area contributed by atoms with E-state index >= 15 is 0 Å². The monoisotopic (exact) mass is 174 g/mol. The number of aliphatic hydroxyl groups excluding tert-OH is 1. The number of hydrogen-bond donors (Lipinski definition) is 1. The third-order valence-corrected chi connectivity index (χ3v) is 2.64. The lowest BCUT2D eigenvalue weighted by Crippen LogP contribution is -2.32. The van der Waals surface area contributed by atoms with Gasteiger partial charge in [0.25, 0.3) is 0 Å². The van der Waals surface area contributed by atoms with E-state index in [-0.39, 0.29) is 5.41 Å². The molecule has 1 aliphatic heterocycles. The third-order valence-electron chi connectivity index (χ3n) is 2.64. The first-order valence-electron chi connectivity index (χ1n) is 5.01. The van der Waals surface area contributed by atoms with E-state index in [1.807, 2.05) is 13.8 Å². The lowest BCUT2D eigenvalue weighted by atomic mass is 9.79. The Labute approximate surface area is 75.9 Å². The first-order valence-corrected chi connectivity index (χ1v) is 5.01. The SMILES string of the molecule is CC.CCC1(CO)CCOCC1. The Morgan fingerprint density at radius 1 is 1.25 bits per heavy atom. The molecule has 1 fully saturated rings. The predicted octanol–water partition coefficient (Wildman–Crippen LogP) is 2.21. The Bertz CT molecular complexity index is 90.0. The molecule has 0 unspecified atom stereocenters. The Kier molecular flexibility index (Phi) is 6.39. The number of aliphatic hydroxyl groups is 1. The van der Waals surface area contributed by atoms with E-state index in [0.717, 1.165) is 32.5 Å². The summed E-state index contributed by atoms with van der Waals surface area (Å²) < 4.78 is 5.22. The van der Waals surface area contributed by atoms with Crippen molar-refractivity contribution in [1.82, 2.24) is 0 Å². The molecule has 0 aliphatic carbocycles. The molecule has 1 saturated heterocycles. The highest BCUT2D eigenvalue weighted by atomic mass is 16.5.